The molecule has 3 heterocycles. The normalized spacial score (nSPS) is 13.2. The molecular weight excluding hydrogens is 529 g/mol. The molecule has 0 aliphatic heterocycles. The van der Waals surface area contributed by atoms with Gasteiger partial charge < -0.3 is 4.74 Å². The highest BCUT2D eigenvalue weighted by molar-refractivity contribution is 7.22. The first-order valence-electron chi connectivity index (χ1n) is 13.1. The minimum absolute atomic E-state index is 0.546. The zero-order chi connectivity index (χ0) is 26.5. The van der Waals surface area contributed by atoms with Crippen LogP contribution in [0.1, 0.15) is 22.4 Å². The minimum atomic E-state index is -0.546. The first-order chi connectivity index (χ1) is 19.8. The quantitative estimate of drug-likeness (QED) is 0.214. The molecule has 7 aromatic rings. The Kier molecular flexibility index (Phi) is 5.40. The van der Waals surface area contributed by atoms with Crippen molar-refractivity contribution in [3.05, 3.63) is 155 Å². The standard InChI is InChI=1S/C35H22N2OS2/c1-3-14-28-26(12-1)27-13-2-4-15-29(27)35(28,32-18-7-8-19-36-32)24-10-9-11-25(21-24)38-33-20-23(22-39-33)34-37-30-16-5-6-17-31(30)40-34/h1-22H. The molecule has 4 aromatic carbocycles. The highest BCUT2D eigenvalue weighted by Crippen LogP contribution is 2.55. The van der Waals surface area contributed by atoms with Crippen molar-refractivity contribution in [2.24, 2.45) is 0 Å². The summed E-state index contributed by atoms with van der Waals surface area (Å²) in [6, 6.07) is 42.4. The lowest BCUT2D eigenvalue weighted by Crippen LogP contribution is -2.29. The molecule has 0 N–H and O–H groups in total. The van der Waals surface area contributed by atoms with Crippen molar-refractivity contribution in [3.63, 3.8) is 0 Å². The van der Waals surface area contributed by atoms with Crippen LogP contribution in [0.3, 0.4) is 0 Å². The van der Waals surface area contributed by atoms with E-state index in [-0.39, 0.29) is 0 Å². The number of hydrogen-bond acceptors (Lipinski definition) is 5. The molecule has 0 spiro atoms. The summed E-state index contributed by atoms with van der Waals surface area (Å²) in [5.74, 6) is 0.798. The van der Waals surface area contributed by atoms with E-state index in [1.54, 1.807) is 22.7 Å². The topological polar surface area (TPSA) is 35.0 Å². The number of fused-ring (bicyclic) bond motifs is 4. The number of nitrogens with zero attached hydrogens (tertiary/aromatic N) is 2. The number of pyridine rings is 1. The van der Waals surface area contributed by atoms with Gasteiger partial charge in [-0.3, -0.25) is 4.98 Å². The second kappa shape index (κ2) is 9.26. The molecule has 5 heteroatoms. The van der Waals surface area contributed by atoms with Crippen LogP contribution >= 0.6 is 22.7 Å². The maximum atomic E-state index is 6.49. The third kappa shape index (κ3) is 3.55. The van der Waals surface area contributed by atoms with E-state index in [9.17, 15) is 0 Å². The van der Waals surface area contributed by atoms with Crippen molar-refractivity contribution in [1.82, 2.24) is 9.97 Å². The summed E-state index contributed by atoms with van der Waals surface area (Å²) >= 11 is 3.30. The van der Waals surface area contributed by atoms with Gasteiger partial charge in [0, 0.05) is 23.2 Å². The largest absolute Gasteiger partial charge is 0.447 e. The Labute approximate surface area is 240 Å². The Morgan fingerprint density at radius 2 is 1.43 bits per heavy atom. The second-order valence-electron chi connectivity index (χ2n) is 9.83. The van der Waals surface area contributed by atoms with E-state index in [1.807, 2.05) is 24.4 Å². The van der Waals surface area contributed by atoms with Crippen LogP contribution in [-0.2, 0) is 5.41 Å². The molecule has 190 valence electrons. The molecule has 1 aliphatic rings. The highest BCUT2D eigenvalue weighted by Gasteiger charge is 2.47. The zero-order valence-corrected chi connectivity index (χ0v) is 23.0. The van der Waals surface area contributed by atoms with Gasteiger partial charge in [-0.25, -0.2) is 4.98 Å². The Morgan fingerprint density at radius 1 is 0.675 bits per heavy atom. The summed E-state index contributed by atoms with van der Waals surface area (Å²) in [6.07, 6.45) is 1.89. The molecule has 8 rings (SSSR count). The zero-order valence-electron chi connectivity index (χ0n) is 21.3. The van der Waals surface area contributed by atoms with E-state index >= 15 is 0 Å². The maximum absolute atomic E-state index is 6.49. The summed E-state index contributed by atoms with van der Waals surface area (Å²) in [5, 5.41) is 3.97. The van der Waals surface area contributed by atoms with Crippen molar-refractivity contribution in [3.8, 4) is 32.5 Å². The number of thiazole rings is 1. The molecule has 1 aliphatic carbocycles. The summed E-state index contributed by atoms with van der Waals surface area (Å²) in [5.41, 5.74) is 8.66. The van der Waals surface area contributed by atoms with Gasteiger partial charge in [-0.05, 0) is 64.2 Å². The average molecular weight is 551 g/mol. The number of rotatable bonds is 5. The Morgan fingerprint density at radius 3 is 2.20 bits per heavy atom. The number of thiophene rings is 1. The van der Waals surface area contributed by atoms with Gasteiger partial charge >= 0.3 is 0 Å². The molecule has 0 radical (unpaired) electrons. The van der Waals surface area contributed by atoms with Crippen molar-refractivity contribution in [2.45, 2.75) is 5.41 Å². The predicted molar refractivity (Wildman–Crippen MR) is 165 cm³/mol. The van der Waals surface area contributed by atoms with Gasteiger partial charge in [-0.15, -0.1) is 22.7 Å². The van der Waals surface area contributed by atoms with Gasteiger partial charge in [0.2, 0.25) is 0 Å². The molecule has 0 saturated heterocycles. The summed E-state index contributed by atoms with van der Waals surface area (Å²) < 4.78 is 7.68. The Hall–Kier alpha value is -4.58. The van der Waals surface area contributed by atoms with Gasteiger partial charge in [-0.1, -0.05) is 78.9 Å². The van der Waals surface area contributed by atoms with Gasteiger partial charge in [0.1, 0.15) is 10.8 Å². The number of aromatic nitrogens is 2. The van der Waals surface area contributed by atoms with Crippen molar-refractivity contribution >= 4 is 32.9 Å². The van der Waals surface area contributed by atoms with Crippen molar-refractivity contribution in [2.75, 3.05) is 0 Å². The van der Waals surface area contributed by atoms with E-state index in [1.165, 1.54) is 27.0 Å². The molecule has 3 nitrogen and oxygen atoms in total. The Balaban J connectivity index is 1.23. The minimum Gasteiger partial charge on any atom is -0.447 e. The van der Waals surface area contributed by atoms with E-state index in [0.29, 0.717) is 0 Å². The molecule has 0 fully saturated rings. The van der Waals surface area contributed by atoms with Crippen LogP contribution in [0.5, 0.6) is 10.8 Å². The first kappa shape index (κ1) is 23.3. The van der Waals surface area contributed by atoms with E-state index in [2.05, 4.69) is 109 Å². The molecule has 0 unspecified atom stereocenters. The number of para-hydroxylation sites is 1. The molecule has 0 bridgehead atoms. The smallest absolute Gasteiger partial charge is 0.181 e. The predicted octanol–water partition coefficient (Wildman–Crippen LogP) is 9.58. The highest BCUT2D eigenvalue weighted by atomic mass is 32.1. The van der Waals surface area contributed by atoms with Crippen LogP contribution in [0.2, 0.25) is 0 Å². The number of ether oxygens (including phenoxy) is 1. The summed E-state index contributed by atoms with van der Waals surface area (Å²) in [6.45, 7) is 0. The molecule has 0 atom stereocenters. The van der Waals surface area contributed by atoms with Crippen LogP contribution in [0, 0.1) is 0 Å². The third-order valence-electron chi connectivity index (χ3n) is 7.60. The van der Waals surface area contributed by atoms with Crippen molar-refractivity contribution < 1.29 is 4.74 Å². The van der Waals surface area contributed by atoms with Crippen LogP contribution < -0.4 is 4.74 Å². The Bertz CT molecular complexity index is 1930. The SMILES string of the molecule is c1ccc(C2(c3cccc(Oc4cc(-c5nc6ccccc6s5)cs4)c3)c3ccccc3-c3ccccc32)nc1. The fraction of sp³-hybridized carbons (Fsp3) is 0.0286. The summed E-state index contributed by atoms with van der Waals surface area (Å²) in [7, 11) is 0. The third-order valence-corrected chi connectivity index (χ3v) is 9.49. The lowest BCUT2D eigenvalue weighted by Gasteiger charge is -2.32. The van der Waals surface area contributed by atoms with E-state index in [4.69, 9.17) is 14.7 Å². The molecule has 0 saturated carbocycles. The summed E-state index contributed by atoms with van der Waals surface area (Å²) in [4.78, 5) is 9.75. The number of hydrogen-bond donors (Lipinski definition) is 0. The second-order valence-corrected chi connectivity index (χ2v) is 11.7. The van der Waals surface area contributed by atoms with Gasteiger partial charge in [0.15, 0.2) is 5.06 Å². The number of benzene rings is 4. The van der Waals surface area contributed by atoms with Crippen LogP contribution in [0.4, 0.5) is 0 Å². The molecule has 0 amide bonds. The lowest BCUT2D eigenvalue weighted by molar-refractivity contribution is 0.495. The first-order valence-corrected chi connectivity index (χ1v) is 14.8. The van der Waals surface area contributed by atoms with Gasteiger partial charge in [-0.2, -0.15) is 0 Å². The van der Waals surface area contributed by atoms with Crippen LogP contribution in [-0.4, -0.2) is 9.97 Å². The van der Waals surface area contributed by atoms with Crippen LogP contribution in [0.25, 0.3) is 31.9 Å². The fourth-order valence-electron chi connectivity index (χ4n) is 5.94. The monoisotopic (exact) mass is 550 g/mol. The molecule has 40 heavy (non-hydrogen) atoms. The lowest BCUT2D eigenvalue weighted by atomic mass is 9.70. The van der Waals surface area contributed by atoms with Gasteiger partial charge in [0.05, 0.1) is 21.3 Å². The fourth-order valence-corrected chi connectivity index (χ4v) is 7.73. The molecule has 3 aromatic heterocycles. The van der Waals surface area contributed by atoms with Crippen LogP contribution in [0.15, 0.2) is 133 Å². The van der Waals surface area contributed by atoms with E-state index < -0.39 is 5.41 Å². The molecular formula is C35H22N2OS2. The van der Waals surface area contributed by atoms with Gasteiger partial charge in [0.25, 0.3) is 0 Å². The van der Waals surface area contributed by atoms with Crippen molar-refractivity contribution in [1.29, 1.82) is 0 Å². The average Bonchev–Trinajstić information content (AvgIpc) is 3.73. The maximum Gasteiger partial charge on any atom is 0.181 e. The van der Waals surface area contributed by atoms with E-state index in [0.717, 1.165) is 38.2 Å².